The number of hydrogen-bond donors (Lipinski definition) is 1. The van der Waals surface area contributed by atoms with E-state index in [0.29, 0.717) is 12.2 Å². The average Bonchev–Trinajstić information content (AvgIpc) is 2.81. The van der Waals surface area contributed by atoms with E-state index in [-0.39, 0.29) is 5.82 Å². The van der Waals surface area contributed by atoms with Crippen molar-refractivity contribution in [2.75, 3.05) is 0 Å². The van der Waals surface area contributed by atoms with E-state index >= 15 is 0 Å². The normalized spacial score (nSPS) is 11.0. The summed E-state index contributed by atoms with van der Waals surface area (Å²) in [6, 6.07) is 12.6. The van der Waals surface area contributed by atoms with Crippen molar-refractivity contribution in [3.63, 3.8) is 0 Å². The molecule has 1 aromatic heterocycles. The van der Waals surface area contributed by atoms with Crippen molar-refractivity contribution in [1.29, 1.82) is 0 Å². The number of aromatic nitrogens is 2. The Morgan fingerprint density at radius 3 is 2.83 bits per heavy atom. The van der Waals surface area contributed by atoms with Gasteiger partial charge >= 0.3 is 0 Å². The molecular formula is C14H12FN3. The van der Waals surface area contributed by atoms with Gasteiger partial charge in [0.15, 0.2) is 0 Å². The Hall–Kier alpha value is -2.20. The van der Waals surface area contributed by atoms with Crippen LogP contribution in [0.15, 0.2) is 48.7 Å². The fraction of sp³-hybridized carbons (Fsp3) is 0.0714. The molecule has 0 saturated heterocycles. The molecule has 0 amide bonds. The van der Waals surface area contributed by atoms with Crippen molar-refractivity contribution in [3.8, 4) is 5.69 Å². The molecule has 0 aliphatic heterocycles. The number of nitrogens with two attached hydrogens (primary N) is 1. The summed E-state index contributed by atoms with van der Waals surface area (Å²) in [7, 11) is 0. The highest BCUT2D eigenvalue weighted by molar-refractivity contribution is 5.80. The second-order valence-corrected chi connectivity index (χ2v) is 4.14. The van der Waals surface area contributed by atoms with E-state index in [2.05, 4.69) is 5.10 Å². The van der Waals surface area contributed by atoms with Gasteiger partial charge in [-0.3, -0.25) is 0 Å². The van der Waals surface area contributed by atoms with Crippen LogP contribution < -0.4 is 5.73 Å². The molecule has 18 heavy (non-hydrogen) atoms. The van der Waals surface area contributed by atoms with E-state index in [1.165, 1.54) is 12.1 Å². The lowest BCUT2D eigenvalue weighted by molar-refractivity contribution is 0.623. The lowest BCUT2D eigenvalue weighted by Gasteiger charge is -2.06. The maximum absolute atomic E-state index is 13.5. The number of nitrogens with zero attached hydrogens (tertiary/aromatic N) is 2. The highest BCUT2D eigenvalue weighted by Crippen LogP contribution is 2.19. The molecule has 0 radical (unpaired) electrons. The second kappa shape index (κ2) is 4.23. The molecule has 3 nitrogen and oxygen atoms in total. The molecule has 0 fully saturated rings. The van der Waals surface area contributed by atoms with Crippen molar-refractivity contribution in [2.24, 2.45) is 5.73 Å². The van der Waals surface area contributed by atoms with Crippen LogP contribution in [0.4, 0.5) is 4.39 Å². The third kappa shape index (κ3) is 1.76. The lowest BCUT2D eigenvalue weighted by Crippen LogP contribution is -2.02. The molecule has 0 bridgehead atoms. The van der Waals surface area contributed by atoms with Gasteiger partial charge in [0.2, 0.25) is 0 Å². The number of rotatable bonds is 2. The number of benzene rings is 2. The standard InChI is InChI=1S/C14H12FN3/c15-12-5-10(8-16)6-13(7-12)18-14-4-2-1-3-11(14)9-17-18/h1-7,9H,8,16H2. The summed E-state index contributed by atoms with van der Waals surface area (Å²) in [5, 5.41) is 5.32. The molecule has 0 saturated carbocycles. The molecule has 2 N–H and O–H groups in total. The van der Waals surface area contributed by atoms with Crippen LogP contribution in [-0.4, -0.2) is 9.78 Å². The van der Waals surface area contributed by atoms with Crippen LogP contribution in [0.5, 0.6) is 0 Å². The molecular weight excluding hydrogens is 229 g/mol. The first-order valence-electron chi connectivity index (χ1n) is 5.70. The molecule has 1 heterocycles. The van der Waals surface area contributed by atoms with Crippen LogP contribution in [0, 0.1) is 5.82 Å². The molecule has 90 valence electrons. The van der Waals surface area contributed by atoms with Crippen LogP contribution in [0.2, 0.25) is 0 Å². The molecule has 0 aliphatic carbocycles. The van der Waals surface area contributed by atoms with Gasteiger partial charge in [0.1, 0.15) is 5.82 Å². The maximum atomic E-state index is 13.5. The van der Waals surface area contributed by atoms with Gasteiger partial charge in [0.05, 0.1) is 17.4 Å². The molecule has 0 spiro atoms. The minimum Gasteiger partial charge on any atom is -0.326 e. The van der Waals surface area contributed by atoms with Gasteiger partial charge in [-0.2, -0.15) is 5.10 Å². The second-order valence-electron chi connectivity index (χ2n) is 4.14. The van der Waals surface area contributed by atoms with Crippen molar-refractivity contribution in [2.45, 2.75) is 6.54 Å². The van der Waals surface area contributed by atoms with Crippen LogP contribution >= 0.6 is 0 Å². The highest BCUT2D eigenvalue weighted by Gasteiger charge is 2.06. The molecule has 4 heteroatoms. The van der Waals surface area contributed by atoms with Crippen molar-refractivity contribution in [3.05, 3.63) is 60.0 Å². The summed E-state index contributed by atoms with van der Waals surface area (Å²) in [5.74, 6) is -0.299. The van der Waals surface area contributed by atoms with Crippen LogP contribution in [0.3, 0.4) is 0 Å². The predicted molar refractivity (Wildman–Crippen MR) is 68.9 cm³/mol. The Morgan fingerprint density at radius 1 is 1.17 bits per heavy atom. The zero-order chi connectivity index (χ0) is 12.5. The Kier molecular flexibility index (Phi) is 2.57. The summed E-state index contributed by atoms with van der Waals surface area (Å²) >= 11 is 0. The molecule has 0 unspecified atom stereocenters. The van der Waals surface area contributed by atoms with E-state index < -0.39 is 0 Å². The van der Waals surface area contributed by atoms with Gasteiger partial charge in [-0.15, -0.1) is 0 Å². The fourth-order valence-corrected chi connectivity index (χ4v) is 2.05. The first-order valence-corrected chi connectivity index (χ1v) is 5.70. The topological polar surface area (TPSA) is 43.8 Å². The van der Waals surface area contributed by atoms with Crippen molar-refractivity contribution < 1.29 is 4.39 Å². The van der Waals surface area contributed by atoms with Gasteiger partial charge in [0.25, 0.3) is 0 Å². The van der Waals surface area contributed by atoms with E-state index in [1.54, 1.807) is 10.9 Å². The lowest BCUT2D eigenvalue weighted by atomic mass is 10.2. The first kappa shape index (κ1) is 10.9. The zero-order valence-corrected chi connectivity index (χ0v) is 9.68. The van der Waals surface area contributed by atoms with Crippen LogP contribution in [0.25, 0.3) is 16.6 Å². The summed E-state index contributed by atoms with van der Waals surface area (Å²) in [6.45, 7) is 0.309. The van der Waals surface area contributed by atoms with Crippen molar-refractivity contribution in [1.82, 2.24) is 9.78 Å². The van der Waals surface area contributed by atoms with Gasteiger partial charge in [-0.25, -0.2) is 9.07 Å². The number of hydrogen-bond acceptors (Lipinski definition) is 2. The van der Waals surface area contributed by atoms with Gasteiger partial charge < -0.3 is 5.73 Å². The van der Waals surface area contributed by atoms with E-state index in [1.807, 2.05) is 30.3 Å². The Bertz CT molecular complexity index is 703. The van der Waals surface area contributed by atoms with Gasteiger partial charge in [0, 0.05) is 11.9 Å². The van der Waals surface area contributed by atoms with Gasteiger partial charge in [-0.05, 0) is 29.8 Å². The van der Waals surface area contributed by atoms with E-state index in [4.69, 9.17) is 5.73 Å². The molecule has 2 aromatic carbocycles. The molecule has 0 aliphatic rings. The minimum atomic E-state index is -0.299. The molecule has 0 atom stereocenters. The highest BCUT2D eigenvalue weighted by atomic mass is 19.1. The summed E-state index contributed by atoms with van der Waals surface area (Å²) in [4.78, 5) is 0. The first-order chi connectivity index (χ1) is 8.78. The number of fused-ring (bicyclic) bond motifs is 1. The van der Waals surface area contributed by atoms with E-state index in [0.717, 1.165) is 16.5 Å². The fourth-order valence-electron chi connectivity index (χ4n) is 2.05. The third-order valence-corrected chi connectivity index (χ3v) is 2.90. The zero-order valence-electron chi connectivity index (χ0n) is 9.68. The number of halogens is 1. The van der Waals surface area contributed by atoms with Crippen LogP contribution in [0.1, 0.15) is 5.56 Å². The minimum absolute atomic E-state index is 0.299. The number of para-hydroxylation sites is 1. The quantitative estimate of drug-likeness (QED) is 0.749. The molecule has 3 aromatic rings. The van der Waals surface area contributed by atoms with Crippen molar-refractivity contribution >= 4 is 10.9 Å². The maximum Gasteiger partial charge on any atom is 0.125 e. The largest absolute Gasteiger partial charge is 0.326 e. The summed E-state index contributed by atoms with van der Waals surface area (Å²) < 4.78 is 15.2. The van der Waals surface area contributed by atoms with E-state index in [9.17, 15) is 4.39 Å². The Balaban J connectivity index is 2.22. The summed E-state index contributed by atoms with van der Waals surface area (Å²) in [6.07, 6.45) is 1.77. The monoisotopic (exact) mass is 241 g/mol. The average molecular weight is 241 g/mol. The van der Waals surface area contributed by atoms with Gasteiger partial charge in [-0.1, -0.05) is 18.2 Å². The Morgan fingerprint density at radius 2 is 2.00 bits per heavy atom. The third-order valence-electron chi connectivity index (χ3n) is 2.90. The SMILES string of the molecule is NCc1cc(F)cc(-n2ncc3ccccc32)c1. The smallest absolute Gasteiger partial charge is 0.125 e. The van der Waals surface area contributed by atoms with Crippen LogP contribution in [-0.2, 0) is 6.54 Å². The summed E-state index contributed by atoms with van der Waals surface area (Å²) in [5.41, 5.74) is 7.95. The molecule has 3 rings (SSSR count). The Labute approximate surface area is 104 Å². The predicted octanol–water partition coefficient (Wildman–Crippen LogP) is 2.62.